The van der Waals surface area contributed by atoms with E-state index in [1.165, 1.54) is 0 Å². The maximum atomic E-state index is 0. The molecule has 0 aromatic rings. The Labute approximate surface area is 67.1 Å². The fourth-order valence-corrected chi connectivity index (χ4v) is 0. The van der Waals surface area contributed by atoms with Gasteiger partial charge in [-0.3, -0.25) is 0 Å². The van der Waals surface area contributed by atoms with Gasteiger partial charge in [0.1, 0.15) is 0 Å². The van der Waals surface area contributed by atoms with Crippen molar-refractivity contribution in [3.05, 3.63) is 0 Å². The van der Waals surface area contributed by atoms with Gasteiger partial charge in [0.25, 0.3) is 0 Å². The maximum Gasteiger partial charge on any atom is 2.00 e. The predicted molar refractivity (Wildman–Crippen MR) is 21.7 cm³/mol. The summed E-state index contributed by atoms with van der Waals surface area (Å²) in [4.78, 5) is 0. The van der Waals surface area contributed by atoms with Gasteiger partial charge in [-0.05, 0) is 0 Å². The zero-order chi connectivity index (χ0) is 0. The van der Waals surface area contributed by atoms with Gasteiger partial charge in [-0.25, -0.2) is 0 Å². The third kappa shape index (κ3) is 400. The van der Waals surface area contributed by atoms with Crippen molar-refractivity contribution >= 4 is 0 Å². The van der Waals surface area contributed by atoms with Crippen LogP contribution in [0.3, 0.4) is 0 Å². The van der Waals surface area contributed by atoms with Crippen molar-refractivity contribution in [1.29, 1.82) is 0 Å². The van der Waals surface area contributed by atoms with E-state index in [0.717, 1.165) is 0 Å². The van der Waals surface area contributed by atoms with Crippen LogP contribution < -0.4 is 17.0 Å². The van der Waals surface area contributed by atoms with E-state index in [0.29, 0.717) is 0 Å². The Morgan fingerprint density at radius 3 is 0.375 bits per heavy atom. The number of hydrogen-bond acceptors (Lipinski definition) is 0. The SMILES string of the molecule is O.O.O.O.O.O.[Br-].[Co+2]. The van der Waals surface area contributed by atoms with Crippen LogP contribution in [0.2, 0.25) is 0 Å². The van der Waals surface area contributed by atoms with Crippen LogP contribution in [0.1, 0.15) is 0 Å². The molecule has 8 heavy (non-hydrogen) atoms. The second kappa shape index (κ2) is 633. The van der Waals surface area contributed by atoms with Crippen LogP contribution >= 0.6 is 0 Å². The van der Waals surface area contributed by atoms with Crippen LogP contribution in [0.15, 0.2) is 0 Å². The van der Waals surface area contributed by atoms with E-state index in [4.69, 9.17) is 0 Å². The first kappa shape index (κ1) is 942. The molecule has 0 aromatic carbocycles. The molecule has 0 saturated carbocycles. The Morgan fingerprint density at radius 1 is 0.375 bits per heavy atom. The van der Waals surface area contributed by atoms with E-state index in [-0.39, 0.29) is 66.6 Å². The van der Waals surface area contributed by atoms with Crippen molar-refractivity contribution in [2.45, 2.75) is 0 Å². The molecule has 0 atom stereocenters. The standard InChI is InChI=1S/BrH.Co.6H2O/h1H;;6*1H2/q;+2;;;;;;/p-1. The summed E-state index contributed by atoms with van der Waals surface area (Å²) in [5, 5.41) is 0. The maximum absolute atomic E-state index is 0. The van der Waals surface area contributed by atoms with Crippen LogP contribution in [0.25, 0.3) is 0 Å². The molecule has 0 rings (SSSR count). The smallest absolute Gasteiger partial charge is 1.00 e. The predicted octanol–water partition coefficient (Wildman–Crippen LogP) is -7.95. The molecule has 1 radical (unpaired) electrons. The molecule has 0 aliphatic carbocycles. The largest absolute Gasteiger partial charge is 2.00 e. The summed E-state index contributed by atoms with van der Waals surface area (Å²) < 4.78 is 0. The monoisotopic (exact) mass is 246 g/mol. The molecule has 6 nitrogen and oxygen atoms in total. The quantitative estimate of drug-likeness (QED) is 0.393. The number of hydrogen-bond donors (Lipinski definition) is 0. The van der Waals surface area contributed by atoms with E-state index in [1.807, 2.05) is 0 Å². The van der Waals surface area contributed by atoms with E-state index in [9.17, 15) is 0 Å². The summed E-state index contributed by atoms with van der Waals surface area (Å²) in [5.41, 5.74) is 0. The van der Waals surface area contributed by atoms with Crippen molar-refractivity contribution in [3.63, 3.8) is 0 Å². The zero-order valence-corrected chi connectivity index (χ0v) is 6.34. The molecule has 0 aromatic heterocycles. The molecule has 0 aliphatic rings. The molecule has 0 heterocycles. The first-order valence-electron chi connectivity index (χ1n) is 0. The summed E-state index contributed by atoms with van der Waals surface area (Å²) >= 11 is 0. The van der Waals surface area contributed by atoms with Crippen LogP contribution in [-0.4, -0.2) is 32.9 Å². The fourth-order valence-electron chi connectivity index (χ4n) is 0. The first-order chi connectivity index (χ1) is 0. The van der Waals surface area contributed by atoms with Gasteiger partial charge in [-0.15, -0.1) is 0 Å². The van der Waals surface area contributed by atoms with Gasteiger partial charge in [0.15, 0.2) is 0 Å². The Bertz CT molecular complexity index is 8.49. The molecule has 0 spiro atoms. The Kier molecular flexibility index (Phi) is 74500. The van der Waals surface area contributed by atoms with Crippen molar-refractivity contribution < 1.29 is 66.6 Å². The van der Waals surface area contributed by atoms with Crippen LogP contribution in [0, 0.1) is 0 Å². The molecule has 0 fully saturated rings. The van der Waals surface area contributed by atoms with Gasteiger partial charge >= 0.3 is 16.8 Å². The third-order valence-electron chi connectivity index (χ3n) is 0. The van der Waals surface area contributed by atoms with Gasteiger partial charge in [-0.2, -0.15) is 0 Å². The van der Waals surface area contributed by atoms with Crippen LogP contribution in [0.5, 0.6) is 0 Å². The van der Waals surface area contributed by atoms with E-state index < -0.39 is 0 Å². The van der Waals surface area contributed by atoms with Crippen molar-refractivity contribution in [3.8, 4) is 0 Å². The summed E-state index contributed by atoms with van der Waals surface area (Å²) in [7, 11) is 0. The zero-order valence-electron chi connectivity index (χ0n) is 3.71. The van der Waals surface area contributed by atoms with Gasteiger partial charge in [0, 0.05) is 0 Å². The van der Waals surface area contributed by atoms with Gasteiger partial charge in [0.05, 0.1) is 0 Å². The molecular formula is H12BrCoO6+. The summed E-state index contributed by atoms with van der Waals surface area (Å²) in [6.07, 6.45) is 0. The minimum atomic E-state index is 0. The second-order valence-electron chi connectivity index (χ2n) is 0. The molecule has 0 amide bonds. The molecule has 12 N–H and O–H groups in total. The van der Waals surface area contributed by atoms with Crippen LogP contribution in [-0.2, 0) is 16.8 Å². The minimum Gasteiger partial charge on any atom is -1.00 e. The van der Waals surface area contributed by atoms with Gasteiger partial charge < -0.3 is 49.8 Å². The summed E-state index contributed by atoms with van der Waals surface area (Å²) in [6, 6.07) is 0. The van der Waals surface area contributed by atoms with Gasteiger partial charge in [0.2, 0.25) is 0 Å². The van der Waals surface area contributed by atoms with Crippen LogP contribution in [0.4, 0.5) is 0 Å². The van der Waals surface area contributed by atoms with Crippen molar-refractivity contribution in [1.82, 2.24) is 0 Å². The van der Waals surface area contributed by atoms with Gasteiger partial charge in [-0.1, -0.05) is 0 Å². The van der Waals surface area contributed by atoms with E-state index in [2.05, 4.69) is 0 Å². The van der Waals surface area contributed by atoms with E-state index in [1.54, 1.807) is 0 Å². The molecule has 8 heteroatoms. The number of halogens is 1. The van der Waals surface area contributed by atoms with E-state index >= 15 is 0 Å². The summed E-state index contributed by atoms with van der Waals surface area (Å²) in [6.45, 7) is 0. The topological polar surface area (TPSA) is 189 Å². The number of rotatable bonds is 0. The molecule has 0 unspecified atom stereocenters. The molecule has 63 valence electrons. The molecule has 0 bridgehead atoms. The summed E-state index contributed by atoms with van der Waals surface area (Å²) in [5.74, 6) is 0. The molecular weight excluding hydrogens is 235 g/mol. The second-order valence-corrected chi connectivity index (χ2v) is 0. The minimum absolute atomic E-state index is 0. The molecule has 0 saturated heterocycles. The first-order valence-corrected chi connectivity index (χ1v) is 0. The Hall–Kier alpha value is 0.746. The Morgan fingerprint density at radius 2 is 0.375 bits per heavy atom. The third-order valence-corrected chi connectivity index (χ3v) is 0. The van der Waals surface area contributed by atoms with Crippen molar-refractivity contribution in [2.75, 3.05) is 0 Å². The average molecular weight is 247 g/mol. The average Bonchev–Trinajstić information content (AvgIpc) is 0. The fraction of sp³-hybridized carbons (Fsp3) is 0. The normalized spacial score (nSPS) is 0. The molecule has 0 aliphatic heterocycles. The Balaban J connectivity index is 0. The van der Waals surface area contributed by atoms with Crippen molar-refractivity contribution in [2.24, 2.45) is 0 Å².